The number of thioether (sulfide) groups is 1. The third-order valence-corrected chi connectivity index (χ3v) is 7.84. The molecule has 0 atom stereocenters. The molecule has 0 unspecified atom stereocenters. The summed E-state index contributed by atoms with van der Waals surface area (Å²) in [4.78, 5) is 23.3. The van der Waals surface area contributed by atoms with Gasteiger partial charge in [0.15, 0.2) is 0 Å². The lowest BCUT2D eigenvalue weighted by Crippen LogP contribution is -2.61. The Morgan fingerprint density at radius 1 is 1.21 bits per heavy atom. The van der Waals surface area contributed by atoms with Gasteiger partial charge in [-0.05, 0) is 76.2 Å². The maximum Gasteiger partial charge on any atom is 0.398 e. The van der Waals surface area contributed by atoms with Gasteiger partial charge in [-0.2, -0.15) is 22.8 Å². The van der Waals surface area contributed by atoms with E-state index in [-0.39, 0.29) is 33.8 Å². The highest BCUT2D eigenvalue weighted by Gasteiger charge is 2.43. The zero-order chi connectivity index (χ0) is 28.6. The quantitative estimate of drug-likeness (QED) is 0.344. The highest BCUT2D eigenvalue weighted by molar-refractivity contribution is 7.99. The maximum atomic E-state index is 12.7. The molecule has 0 saturated carbocycles. The first kappa shape index (κ1) is 28.5. The van der Waals surface area contributed by atoms with Crippen LogP contribution in [-0.2, 0) is 0 Å². The number of aromatic nitrogens is 6. The van der Waals surface area contributed by atoms with Gasteiger partial charge in [0.25, 0.3) is 5.91 Å². The number of piperidine rings is 1. The molecule has 1 fully saturated rings. The molecule has 4 rings (SSSR count). The van der Waals surface area contributed by atoms with E-state index >= 15 is 0 Å². The number of nitrogens with one attached hydrogen (secondary N) is 2. The Morgan fingerprint density at radius 3 is 2.54 bits per heavy atom. The van der Waals surface area contributed by atoms with Gasteiger partial charge in [0.05, 0.1) is 17.0 Å². The van der Waals surface area contributed by atoms with Crippen molar-refractivity contribution in [2.24, 2.45) is 5.73 Å². The summed E-state index contributed by atoms with van der Waals surface area (Å²) in [5, 5.41) is 17.5. The number of hydrogen-bond acceptors (Lipinski definition) is 10. The second-order valence-corrected chi connectivity index (χ2v) is 11.6. The molecule has 1 aliphatic rings. The Morgan fingerprint density at radius 2 is 1.90 bits per heavy atom. The maximum absolute atomic E-state index is 12.7. The number of tetrazole rings is 1. The van der Waals surface area contributed by atoms with E-state index in [9.17, 15) is 18.0 Å². The molecule has 4 N–H and O–H groups in total. The van der Waals surface area contributed by atoms with Gasteiger partial charge in [-0.25, -0.2) is 4.98 Å². The molecular weight excluding hydrogens is 533 g/mol. The van der Waals surface area contributed by atoms with E-state index in [1.807, 2.05) is 0 Å². The van der Waals surface area contributed by atoms with E-state index in [2.05, 4.69) is 75.8 Å². The summed E-state index contributed by atoms with van der Waals surface area (Å²) in [5.41, 5.74) is 6.58. The number of amides is 1. The molecule has 1 amide bonds. The number of carbonyl (C=O) groups is 1. The Labute approximate surface area is 228 Å². The zero-order valence-electron chi connectivity index (χ0n) is 22.2. The summed E-state index contributed by atoms with van der Waals surface area (Å²) < 4.78 is 39.3. The van der Waals surface area contributed by atoms with Crippen LogP contribution in [0.3, 0.4) is 0 Å². The minimum Gasteiger partial charge on any atom is -0.366 e. The normalized spacial score (nSPS) is 17.6. The zero-order valence-corrected chi connectivity index (χ0v) is 23.1. The largest absolute Gasteiger partial charge is 0.398 e. The fourth-order valence-corrected chi connectivity index (χ4v) is 5.47. The van der Waals surface area contributed by atoms with E-state index in [0.717, 1.165) is 12.8 Å². The van der Waals surface area contributed by atoms with Crippen molar-refractivity contribution in [3.8, 4) is 5.69 Å². The fraction of sp³-hybridized carbons (Fsp3) is 0.500. The summed E-state index contributed by atoms with van der Waals surface area (Å²) in [7, 11) is 2.11. The number of benzene rings is 1. The smallest absolute Gasteiger partial charge is 0.366 e. The van der Waals surface area contributed by atoms with Crippen molar-refractivity contribution in [3.63, 3.8) is 0 Å². The average Bonchev–Trinajstić information content (AvgIpc) is 3.29. The van der Waals surface area contributed by atoms with Crippen LogP contribution in [0, 0.1) is 0 Å². The monoisotopic (exact) mass is 564 g/mol. The average molecular weight is 565 g/mol. The molecule has 0 spiro atoms. The Hall–Kier alpha value is -3.46. The third-order valence-electron chi connectivity index (χ3n) is 6.86. The number of carbonyl (C=O) groups excluding carboxylic acids is 1. The van der Waals surface area contributed by atoms with Crippen LogP contribution in [0.4, 0.5) is 30.6 Å². The number of halogens is 3. The molecule has 2 aromatic heterocycles. The van der Waals surface area contributed by atoms with Crippen molar-refractivity contribution in [2.75, 3.05) is 23.4 Å². The number of hydrogen-bond donors (Lipinski definition) is 3. The minimum absolute atomic E-state index is 0.00185. The van der Waals surface area contributed by atoms with Crippen LogP contribution < -0.4 is 16.4 Å². The molecule has 0 bridgehead atoms. The lowest BCUT2D eigenvalue weighted by molar-refractivity contribution is -0.105. The first-order chi connectivity index (χ1) is 18.1. The molecule has 0 radical (unpaired) electrons. The summed E-state index contributed by atoms with van der Waals surface area (Å²) in [6, 6.07) is 6.76. The lowest BCUT2D eigenvalue weighted by Gasteiger charge is -2.53. The molecule has 11 nitrogen and oxygen atoms in total. The van der Waals surface area contributed by atoms with Gasteiger partial charge in [-0.3, -0.25) is 9.69 Å². The summed E-state index contributed by atoms with van der Waals surface area (Å²) in [6.45, 7) is 8.70. The lowest BCUT2D eigenvalue weighted by atomic mass is 9.77. The Kier molecular flexibility index (Phi) is 7.76. The van der Waals surface area contributed by atoms with Gasteiger partial charge >= 0.3 is 6.18 Å². The van der Waals surface area contributed by atoms with E-state index < -0.39 is 17.8 Å². The van der Waals surface area contributed by atoms with Crippen molar-refractivity contribution in [1.82, 2.24) is 35.1 Å². The van der Waals surface area contributed by atoms with E-state index in [1.165, 1.54) is 10.9 Å². The molecule has 39 heavy (non-hydrogen) atoms. The topological polar surface area (TPSA) is 140 Å². The van der Waals surface area contributed by atoms with Gasteiger partial charge in [0.2, 0.25) is 11.1 Å². The van der Waals surface area contributed by atoms with Crippen molar-refractivity contribution >= 4 is 35.1 Å². The predicted octanol–water partition coefficient (Wildman–Crippen LogP) is 4.01. The van der Waals surface area contributed by atoms with Crippen molar-refractivity contribution in [1.29, 1.82) is 0 Å². The number of anilines is 3. The predicted molar refractivity (Wildman–Crippen MR) is 142 cm³/mol. The first-order valence-electron chi connectivity index (χ1n) is 12.2. The van der Waals surface area contributed by atoms with Gasteiger partial charge in [0, 0.05) is 29.0 Å². The van der Waals surface area contributed by atoms with E-state index in [1.54, 1.807) is 24.3 Å². The summed E-state index contributed by atoms with van der Waals surface area (Å²) in [6.07, 6.45) is -1.35. The van der Waals surface area contributed by atoms with Crippen LogP contribution in [0.15, 0.2) is 35.6 Å². The second kappa shape index (κ2) is 10.6. The second-order valence-electron chi connectivity index (χ2n) is 10.7. The molecule has 1 aromatic carbocycles. The highest BCUT2D eigenvalue weighted by Crippen LogP contribution is 2.38. The van der Waals surface area contributed by atoms with Gasteiger partial charge in [-0.15, -0.1) is 5.10 Å². The van der Waals surface area contributed by atoms with Crippen LogP contribution in [0.5, 0.6) is 0 Å². The van der Waals surface area contributed by atoms with Crippen molar-refractivity contribution in [3.05, 3.63) is 36.0 Å². The highest BCUT2D eigenvalue weighted by atomic mass is 32.2. The number of likely N-dealkylation sites (tertiary alicyclic amines) is 1. The van der Waals surface area contributed by atoms with Gasteiger partial charge in [-0.1, -0.05) is 17.8 Å². The van der Waals surface area contributed by atoms with E-state index in [4.69, 9.17) is 5.73 Å². The fourth-order valence-electron chi connectivity index (χ4n) is 4.82. The molecule has 0 aliphatic carbocycles. The number of primary amides is 1. The van der Waals surface area contributed by atoms with Crippen LogP contribution in [-0.4, -0.2) is 77.1 Å². The first-order valence-corrected chi connectivity index (χ1v) is 13.2. The van der Waals surface area contributed by atoms with Crippen molar-refractivity contribution in [2.45, 2.75) is 69.0 Å². The van der Waals surface area contributed by atoms with Gasteiger partial charge < -0.3 is 16.4 Å². The Bertz CT molecular complexity index is 1330. The molecule has 15 heteroatoms. The third kappa shape index (κ3) is 6.76. The SMILES string of the molecule is CN1C(C)(C)CC(Nc2nc(Nc3cccc(-n4nnnc4SCC(F)(F)F)c3)ncc2C(N)=O)CC1(C)C. The number of nitrogens with two attached hydrogens (primary N) is 1. The van der Waals surface area contributed by atoms with E-state index in [0.29, 0.717) is 29.0 Å². The molecule has 1 saturated heterocycles. The van der Waals surface area contributed by atoms with Crippen LogP contribution in [0.1, 0.15) is 50.9 Å². The Balaban J connectivity index is 1.56. The number of nitrogens with zero attached hydrogens (tertiary/aromatic N) is 7. The minimum atomic E-state index is -4.36. The van der Waals surface area contributed by atoms with Crippen LogP contribution in [0.2, 0.25) is 0 Å². The van der Waals surface area contributed by atoms with Crippen LogP contribution >= 0.6 is 11.8 Å². The summed E-state index contributed by atoms with van der Waals surface area (Å²) >= 11 is 0.489. The standard InChI is InChI=1S/C24H31F3N10OS/c1-22(2)10-15(11-23(3,4)36(22)5)30-19-17(18(28)38)12-29-20(32-19)31-14-7-6-8-16(9-14)37-21(33-34-35-37)39-13-24(25,26)27/h6-9,12,15H,10-11,13H2,1-5H3,(H2,28,38)(H2,29,30,31,32). The summed E-state index contributed by atoms with van der Waals surface area (Å²) in [5.74, 6) is -1.24. The molecule has 3 aromatic rings. The van der Waals surface area contributed by atoms with Crippen LogP contribution in [0.25, 0.3) is 5.69 Å². The number of alkyl halides is 3. The van der Waals surface area contributed by atoms with Gasteiger partial charge in [0.1, 0.15) is 5.82 Å². The molecular formula is C24H31F3N10OS. The molecule has 1 aliphatic heterocycles. The molecule has 210 valence electrons. The number of rotatable bonds is 8. The molecule has 3 heterocycles. The van der Waals surface area contributed by atoms with Crippen molar-refractivity contribution < 1.29 is 18.0 Å².